The summed E-state index contributed by atoms with van der Waals surface area (Å²) in [5, 5.41) is 9.39. The van der Waals surface area contributed by atoms with Gasteiger partial charge in [-0.1, -0.05) is 24.9 Å². The van der Waals surface area contributed by atoms with Crippen LogP contribution in [0.25, 0.3) is 0 Å². The molecule has 18 heavy (non-hydrogen) atoms. The average Bonchev–Trinajstić information content (AvgIpc) is 2.37. The van der Waals surface area contributed by atoms with Crippen LogP contribution in [0.1, 0.15) is 25.3 Å². The Bertz CT molecular complexity index is 471. The molecule has 0 heterocycles. The number of hydrogen-bond acceptors (Lipinski definition) is 4. The second-order valence-corrected chi connectivity index (χ2v) is 4.09. The number of hydrazine groups is 1. The van der Waals surface area contributed by atoms with Crippen molar-refractivity contribution in [2.45, 2.75) is 25.9 Å². The van der Waals surface area contributed by atoms with E-state index >= 15 is 0 Å². The summed E-state index contributed by atoms with van der Waals surface area (Å²) in [6.45, 7) is 1.92. The third-order valence-corrected chi connectivity index (χ3v) is 2.55. The van der Waals surface area contributed by atoms with E-state index in [-0.39, 0.29) is 5.75 Å². The summed E-state index contributed by atoms with van der Waals surface area (Å²) in [6, 6.07) is 6.62. The predicted octanol–water partition coefficient (Wildman–Crippen LogP) is 1.75. The van der Waals surface area contributed by atoms with Gasteiger partial charge in [0.1, 0.15) is 11.8 Å². The Morgan fingerprint density at radius 1 is 1.67 bits per heavy atom. The molecule has 0 aliphatic heterocycles. The van der Waals surface area contributed by atoms with Crippen LogP contribution in [0, 0.1) is 11.3 Å². The standard InChI is InChI=1S/C12H14ClN3O2/c1-2-3-10(12(17)16-15)18-11-6-9(13)5-4-8(11)7-14/h4-6,10H,2-3,15H2,1H3,(H,16,17). The molecule has 3 N–H and O–H groups in total. The van der Waals surface area contributed by atoms with Crippen LogP contribution >= 0.6 is 11.6 Å². The van der Waals surface area contributed by atoms with Crippen LogP contribution in [0.3, 0.4) is 0 Å². The number of nitrogens with zero attached hydrogens (tertiary/aromatic N) is 1. The summed E-state index contributed by atoms with van der Waals surface area (Å²) in [7, 11) is 0. The predicted molar refractivity (Wildman–Crippen MR) is 67.8 cm³/mol. The van der Waals surface area contributed by atoms with Crippen LogP contribution in [-0.2, 0) is 4.79 Å². The summed E-state index contributed by atoms with van der Waals surface area (Å²) in [4.78, 5) is 11.5. The first-order valence-electron chi connectivity index (χ1n) is 5.49. The van der Waals surface area contributed by atoms with Crippen LogP contribution in [0.5, 0.6) is 5.75 Å². The maximum absolute atomic E-state index is 11.5. The average molecular weight is 268 g/mol. The number of carbonyl (C=O) groups excluding carboxylic acids is 1. The molecule has 0 fully saturated rings. The molecule has 0 radical (unpaired) electrons. The Morgan fingerprint density at radius 3 is 2.94 bits per heavy atom. The Hall–Kier alpha value is -1.77. The number of nitrogens with two attached hydrogens (primary N) is 1. The van der Waals surface area contributed by atoms with Crippen molar-refractivity contribution in [1.82, 2.24) is 5.43 Å². The lowest BCUT2D eigenvalue weighted by Crippen LogP contribution is -2.42. The fraction of sp³-hybridized carbons (Fsp3) is 0.333. The van der Waals surface area contributed by atoms with E-state index in [0.29, 0.717) is 17.0 Å². The first-order chi connectivity index (χ1) is 8.62. The Balaban J connectivity index is 2.96. The van der Waals surface area contributed by atoms with Gasteiger partial charge >= 0.3 is 0 Å². The molecule has 0 aromatic heterocycles. The summed E-state index contributed by atoms with van der Waals surface area (Å²) >= 11 is 5.83. The largest absolute Gasteiger partial charge is 0.479 e. The molecule has 0 saturated carbocycles. The number of ether oxygens (including phenoxy) is 1. The van der Waals surface area contributed by atoms with Gasteiger partial charge in [0.05, 0.1) is 5.56 Å². The zero-order chi connectivity index (χ0) is 13.5. The molecule has 96 valence electrons. The van der Waals surface area contributed by atoms with Crippen molar-refractivity contribution < 1.29 is 9.53 Å². The number of nitriles is 1. The summed E-state index contributed by atoms with van der Waals surface area (Å²) in [5.74, 6) is 4.94. The fourth-order valence-electron chi connectivity index (χ4n) is 1.44. The maximum atomic E-state index is 11.5. The molecule has 1 rings (SSSR count). The third kappa shape index (κ3) is 3.62. The molecule has 1 amide bonds. The van der Waals surface area contributed by atoms with Gasteiger partial charge in [-0.3, -0.25) is 10.2 Å². The van der Waals surface area contributed by atoms with Gasteiger partial charge in [0.15, 0.2) is 6.10 Å². The van der Waals surface area contributed by atoms with Crippen molar-refractivity contribution in [3.8, 4) is 11.8 Å². The second kappa shape index (κ2) is 6.84. The van der Waals surface area contributed by atoms with Gasteiger partial charge in [-0.25, -0.2) is 5.84 Å². The Morgan fingerprint density at radius 2 is 2.39 bits per heavy atom. The van der Waals surface area contributed by atoms with Gasteiger partial charge in [0.2, 0.25) is 0 Å². The highest BCUT2D eigenvalue weighted by Crippen LogP contribution is 2.24. The normalized spacial score (nSPS) is 11.4. The second-order valence-electron chi connectivity index (χ2n) is 3.66. The highest BCUT2D eigenvalue weighted by atomic mass is 35.5. The van der Waals surface area contributed by atoms with Crippen LogP contribution in [0.15, 0.2) is 18.2 Å². The molecule has 1 aromatic carbocycles. The van der Waals surface area contributed by atoms with E-state index in [9.17, 15) is 4.79 Å². The van der Waals surface area contributed by atoms with E-state index in [1.54, 1.807) is 12.1 Å². The zero-order valence-corrected chi connectivity index (χ0v) is 10.7. The van der Waals surface area contributed by atoms with Crippen LogP contribution in [0.4, 0.5) is 0 Å². The minimum Gasteiger partial charge on any atom is -0.479 e. The van der Waals surface area contributed by atoms with E-state index in [2.05, 4.69) is 0 Å². The van der Waals surface area contributed by atoms with Gasteiger partial charge in [0.25, 0.3) is 5.91 Å². The molecular formula is C12H14ClN3O2. The number of benzene rings is 1. The van der Waals surface area contributed by atoms with Crippen molar-refractivity contribution in [2.75, 3.05) is 0 Å². The summed E-state index contributed by atoms with van der Waals surface area (Å²) < 4.78 is 5.51. The smallest absolute Gasteiger partial charge is 0.274 e. The molecule has 1 unspecified atom stereocenters. The van der Waals surface area contributed by atoms with Gasteiger partial charge < -0.3 is 4.74 Å². The van der Waals surface area contributed by atoms with Crippen LogP contribution in [0.2, 0.25) is 5.02 Å². The van der Waals surface area contributed by atoms with Crippen molar-refractivity contribution >= 4 is 17.5 Å². The van der Waals surface area contributed by atoms with E-state index in [4.69, 9.17) is 27.4 Å². The maximum Gasteiger partial charge on any atom is 0.274 e. The number of amides is 1. The minimum absolute atomic E-state index is 0.284. The number of hydrogen-bond donors (Lipinski definition) is 2. The first kappa shape index (κ1) is 14.3. The van der Waals surface area contributed by atoms with Crippen LogP contribution in [-0.4, -0.2) is 12.0 Å². The number of carbonyl (C=O) groups is 1. The SMILES string of the molecule is CCCC(Oc1cc(Cl)ccc1C#N)C(=O)NN. The molecule has 6 heteroatoms. The van der Waals surface area contributed by atoms with Crippen molar-refractivity contribution in [3.63, 3.8) is 0 Å². The van der Waals surface area contributed by atoms with Gasteiger partial charge in [-0.2, -0.15) is 5.26 Å². The van der Waals surface area contributed by atoms with Gasteiger partial charge in [-0.15, -0.1) is 0 Å². The highest BCUT2D eigenvalue weighted by Gasteiger charge is 2.20. The lowest BCUT2D eigenvalue weighted by molar-refractivity contribution is -0.128. The van der Waals surface area contributed by atoms with Gasteiger partial charge in [0, 0.05) is 11.1 Å². The van der Waals surface area contributed by atoms with E-state index in [1.165, 1.54) is 6.07 Å². The first-order valence-corrected chi connectivity index (χ1v) is 5.87. The quantitative estimate of drug-likeness (QED) is 0.483. The zero-order valence-electron chi connectivity index (χ0n) is 9.94. The lowest BCUT2D eigenvalue weighted by atomic mass is 10.2. The molecule has 5 nitrogen and oxygen atoms in total. The molecule has 0 aliphatic rings. The summed E-state index contributed by atoms with van der Waals surface area (Å²) in [6.07, 6.45) is 0.520. The number of halogens is 1. The summed E-state index contributed by atoms with van der Waals surface area (Å²) in [5.41, 5.74) is 2.37. The molecule has 0 saturated heterocycles. The van der Waals surface area contributed by atoms with Gasteiger partial charge in [-0.05, 0) is 18.6 Å². The number of rotatable bonds is 5. The fourth-order valence-corrected chi connectivity index (χ4v) is 1.60. The van der Waals surface area contributed by atoms with E-state index < -0.39 is 12.0 Å². The molecule has 1 atom stereocenters. The monoisotopic (exact) mass is 267 g/mol. The van der Waals surface area contributed by atoms with E-state index in [1.807, 2.05) is 18.4 Å². The lowest BCUT2D eigenvalue weighted by Gasteiger charge is -2.17. The molecule has 0 bridgehead atoms. The van der Waals surface area contributed by atoms with Crippen LogP contribution < -0.4 is 16.0 Å². The molecular weight excluding hydrogens is 254 g/mol. The molecule has 1 aromatic rings. The van der Waals surface area contributed by atoms with Crippen molar-refractivity contribution in [2.24, 2.45) is 5.84 Å². The van der Waals surface area contributed by atoms with Crippen molar-refractivity contribution in [1.29, 1.82) is 5.26 Å². The minimum atomic E-state index is -0.731. The Kier molecular flexibility index (Phi) is 5.43. The molecule has 0 aliphatic carbocycles. The van der Waals surface area contributed by atoms with E-state index in [0.717, 1.165) is 6.42 Å². The van der Waals surface area contributed by atoms with Crippen molar-refractivity contribution in [3.05, 3.63) is 28.8 Å². The highest BCUT2D eigenvalue weighted by molar-refractivity contribution is 6.30. The topological polar surface area (TPSA) is 88.1 Å². The third-order valence-electron chi connectivity index (χ3n) is 2.32. The Labute approximate surface area is 110 Å². The number of nitrogens with one attached hydrogen (secondary N) is 1. The molecule has 0 spiro atoms.